The van der Waals surface area contributed by atoms with Gasteiger partial charge in [0.25, 0.3) is 5.56 Å². The average Bonchev–Trinajstić information content (AvgIpc) is 3.13. The topological polar surface area (TPSA) is 57.5 Å². The van der Waals surface area contributed by atoms with Crippen molar-refractivity contribution in [1.29, 1.82) is 0 Å². The van der Waals surface area contributed by atoms with Gasteiger partial charge in [-0.25, -0.2) is 4.79 Å². The molecule has 7 heteroatoms. The molecule has 126 valence electrons. The molecule has 4 rings (SSSR count). The van der Waals surface area contributed by atoms with E-state index in [2.05, 4.69) is 4.74 Å². The van der Waals surface area contributed by atoms with Crippen LogP contribution in [0, 0.1) is 0 Å². The first-order valence-corrected chi connectivity index (χ1v) is 9.35. The van der Waals surface area contributed by atoms with E-state index in [0.717, 1.165) is 15.3 Å². The largest absolute Gasteiger partial charge is 0.513 e. The second-order valence-corrected chi connectivity index (χ2v) is 7.22. The fourth-order valence-electron chi connectivity index (χ4n) is 2.75. The summed E-state index contributed by atoms with van der Waals surface area (Å²) in [5.74, 6) is 0.796. The molecule has 0 spiro atoms. The minimum atomic E-state index is -0.809. The number of methoxy groups -OCH3 is 1. The van der Waals surface area contributed by atoms with Gasteiger partial charge in [-0.2, -0.15) is 0 Å². The zero-order valence-electron chi connectivity index (χ0n) is 13.2. The number of hydrogen-bond acceptors (Lipinski definition) is 6. The Morgan fingerprint density at radius 1 is 1.20 bits per heavy atom. The number of nitrogens with zero attached hydrogens (tertiary/aromatic N) is 1. The molecule has 0 fully saturated rings. The molecule has 3 aromatic rings. The first-order valence-electron chi connectivity index (χ1n) is 7.48. The number of carbonyl (C=O) groups is 1. The molecule has 1 aromatic carbocycles. The van der Waals surface area contributed by atoms with Crippen LogP contribution in [0.15, 0.2) is 57.5 Å². The lowest BCUT2D eigenvalue weighted by molar-refractivity contribution is 0.121. The number of hydrogen-bond donors (Lipinski definition) is 0. The van der Waals surface area contributed by atoms with E-state index in [1.54, 1.807) is 22.4 Å². The quantitative estimate of drug-likeness (QED) is 0.623. The van der Waals surface area contributed by atoms with Crippen LogP contribution < -0.4 is 10.3 Å². The van der Waals surface area contributed by atoms with Crippen molar-refractivity contribution in [2.75, 3.05) is 7.11 Å². The molecule has 5 nitrogen and oxygen atoms in total. The zero-order chi connectivity index (χ0) is 17.4. The first kappa shape index (κ1) is 16.0. The summed E-state index contributed by atoms with van der Waals surface area (Å²) in [6.07, 6.45) is -0.809. The highest BCUT2D eigenvalue weighted by Gasteiger charge is 2.26. The first-order chi connectivity index (χ1) is 12.2. The van der Waals surface area contributed by atoms with E-state index in [9.17, 15) is 9.59 Å². The number of benzene rings is 1. The Labute approximate surface area is 151 Å². The molecule has 0 unspecified atom stereocenters. The van der Waals surface area contributed by atoms with Gasteiger partial charge in [-0.15, -0.1) is 23.1 Å². The summed E-state index contributed by atoms with van der Waals surface area (Å²) in [5.41, 5.74) is 1.78. The summed E-state index contributed by atoms with van der Waals surface area (Å²) >= 11 is 3.11. The van der Waals surface area contributed by atoms with Crippen LogP contribution in [0.4, 0.5) is 4.79 Å². The van der Waals surface area contributed by atoms with Gasteiger partial charge in [0, 0.05) is 4.90 Å². The number of thioether (sulfide) groups is 1. The Hall–Kier alpha value is -2.51. The van der Waals surface area contributed by atoms with Gasteiger partial charge in [0.2, 0.25) is 0 Å². The molecular formula is C18H13NO4S2. The summed E-state index contributed by atoms with van der Waals surface area (Å²) in [7, 11) is 1.26. The van der Waals surface area contributed by atoms with Gasteiger partial charge < -0.3 is 9.47 Å². The number of carbonyl (C=O) groups excluding carboxylic acids is 1. The molecular weight excluding hydrogens is 358 g/mol. The van der Waals surface area contributed by atoms with E-state index in [4.69, 9.17) is 4.74 Å². The molecule has 3 heterocycles. The Morgan fingerprint density at radius 3 is 2.76 bits per heavy atom. The Kier molecular flexibility index (Phi) is 4.10. The van der Waals surface area contributed by atoms with Crippen molar-refractivity contribution in [3.05, 3.63) is 58.2 Å². The maximum absolute atomic E-state index is 13.0. The molecule has 0 bridgehead atoms. The van der Waals surface area contributed by atoms with Gasteiger partial charge >= 0.3 is 6.16 Å². The zero-order valence-corrected chi connectivity index (χ0v) is 14.9. The highest BCUT2D eigenvalue weighted by molar-refractivity contribution is 7.98. The summed E-state index contributed by atoms with van der Waals surface area (Å²) in [5, 5.41) is 1.96. The molecule has 0 amide bonds. The molecule has 0 N–H and O–H groups in total. The van der Waals surface area contributed by atoms with Crippen LogP contribution >= 0.6 is 23.1 Å². The minimum Gasteiger partial charge on any atom is -0.437 e. The van der Waals surface area contributed by atoms with Crippen molar-refractivity contribution >= 4 is 29.3 Å². The van der Waals surface area contributed by atoms with Gasteiger partial charge in [0.05, 0.1) is 23.4 Å². The molecule has 0 aliphatic carbocycles. The molecule has 0 saturated heterocycles. The van der Waals surface area contributed by atoms with Crippen LogP contribution in [0.25, 0.3) is 21.7 Å². The van der Waals surface area contributed by atoms with Crippen LogP contribution in [-0.4, -0.2) is 17.8 Å². The lowest BCUT2D eigenvalue weighted by Gasteiger charge is -2.22. The summed E-state index contributed by atoms with van der Waals surface area (Å²) in [6, 6.07) is 13.0. The third-order valence-electron chi connectivity index (χ3n) is 3.89. The Morgan fingerprint density at radius 2 is 2.00 bits per heavy atom. The predicted octanol–water partition coefficient (Wildman–Crippen LogP) is 4.45. The Bertz CT molecular complexity index is 1010. The van der Waals surface area contributed by atoms with Crippen LogP contribution in [0.2, 0.25) is 0 Å². The summed E-state index contributed by atoms with van der Waals surface area (Å²) in [6.45, 7) is 0. The minimum absolute atomic E-state index is 0.107. The van der Waals surface area contributed by atoms with Crippen molar-refractivity contribution in [1.82, 2.24) is 4.57 Å². The maximum Gasteiger partial charge on any atom is 0.513 e. The molecule has 0 atom stereocenters. The van der Waals surface area contributed by atoms with E-state index in [1.165, 1.54) is 18.4 Å². The molecule has 0 saturated carbocycles. The van der Waals surface area contributed by atoms with Crippen molar-refractivity contribution < 1.29 is 14.3 Å². The molecule has 25 heavy (non-hydrogen) atoms. The number of pyridine rings is 1. The number of fused-ring (bicyclic) bond motifs is 3. The standard InChI is InChI=1S/C18H13NO4S2/c1-22-18(21)23-13-9-12(11-5-3-2-4-6-11)17(20)19-10-25-14-7-8-24-16(14)15(13)19/h2-9H,10H2,1H3. The van der Waals surface area contributed by atoms with E-state index in [1.807, 2.05) is 41.8 Å². The van der Waals surface area contributed by atoms with Crippen LogP contribution in [-0.2, 0) is 10.6 Å². The third-order valence-corrected chi connectivity index (χ3v) is 5.98. The van der Waals surface area contributed by atoms with Crippen molar-refractivity contribution in [3.63, 3.8) is 0 Å². The van der Waals surface area contributed by atoms with Gasteiger partial charge in [-0.3, -0.25) is 9.36 Å². The van der Waals surface area contributed by atoms with Gasteiger partial charge in [-0.1, -0.05) is 30.3 Å². The molecule has 0 radical (unpaired) electrons. The summed E-state index contributed by atoms with van der Waals surface area (Å²) < 4.78 is 11.7. The molecule has 1 aliphatic rings. The number of ether oxygens (including phenoxy) is 2. The smallest absolute Gasteiger partial charge is 0.437 e. The van der Waals surface area contributed by atoms with E-state index in [-0.39, 0.29) is 5.56 Å². The highest BCUT2D eigenvalue weighted by atomic mass is 32.2. The second kappa shape index (κ2) is 6.42. The Balaban J connectivity index is 1.98. The normalized spacial score (nSPS) is 12.2. The van der Waals surface area contributed by atoms with Crippen LogP contribution in [0.1, 0.15) is 0 Å². The SMILES string of the molecule is COC(=O)Oc1cc(-c2ccccc2)c(=O)n2c1-c1sccc1SC2. The van der Waals surface area contributed by atoms with Crippen molar-refractivity contribution in [2.24, 2.45) is 0 Å². The highest BCUT2D eigenvalue weighted by Crippen LogP contribution is 2.45. The van der Waals surface area contributed by atoms with Crippen LogP contribution in [0.3, 0.4) is 0 Å². The lowest BCUT2D eigenvalue weighted by atomic mass is 10.1. The van der Waals surface area contributed by atoms with E-state index < -0.39 is 6.16 Å². The summed E-state index contributed by atoms with van der Waals surface area (Å²) in [4.78, 5) is 26.8. The van der Waals surface area contributed by atoms with Crippen molar-refractivity contribution in [2.45, 2.75) is 10.8 Å². The molecule has 1 aliphatic heterocycles. The van der Waals surface area contributed by atoms with E-state index >= 15 is 0 Å². The number of aromatic nitrogens is 1. The number of rotatable bonds is 2. The lowest BCUT2D eigenvalue weighted by Crippen LogP contribution is -2.25. The third kappa shape index (κ3) is 2.75. The number of thiophene rings is 1. The fraction of sp³-hybridized carbons (Fsp3) is 0.111. The molecule has 2 aromatic heterocycles. The van der Waals surface area contributed by atoms with Gasteiger partial charge in [0.1, 0.15) is 5.69 Å². The second-order valence-electron chi connectivity index (χ2n) is 5.31. The predicted molar refractivity (Wildman–Crippen MR) is 98.3 cm³/mol. The fourth-order valence-corrected chi connectivity index (χ4v) is 4.91. The van der Waals surface area contributed by atoms with Gasteiger partial charge in [0.15, 0.2) is 5.75 Å². The average molecular weight is 371 g/mol. The monoisotopic (exact) mass is 371 g/mol. The van der Waals surface area contributed by atoms with E-state index in [0.29, 0.717) is 22.9 Å². The van der Waals surface area contributed by atoms with Crippen LogP contribution in [0.5, 0.6) is 5.75 Å². The van der Waals surface area contributed by atoms with Gasteiger partial charge in [-0.05, 0) is 23.1 Å². The van der Waals surface area contributed by atoms with Crippen molar-refractivity contribution in [3.8, 4) is 27.4 Å². The maximum atomic E-state index is 13.0.